The van der Waals surface area contributed by atoms with Gasteiger partial charge in [0.25, 0.3) is 0 Å². The van der Waals surface area contributed by atoms with Gasteiger partial charge >= 0.3 is 6.03 Å². The average molecular weight is 340 g/mol. The zero-order valence-electron chi connectivity index (χ0n) is 13.9. The van der Waals surface area contributed by atoms with E-state index >= 15 is 0 Å². The first-order valence-electron chi connectivity index (χ1n) is 8.04. The number of urea groups is 1. The van der Waals surface area contributed by atoms with Gasteiger partial charge in [-0.05, 0) is 17.7 Å². The Morgan fingerprint density at radius 2 is 2.08 bits per heavy atom. The number of nitrogens with zero attached hydrogens (tertiary/aromatic N) is 2. The van der Waals surface area contributed by atoms with E-state index in [2.05, 4.69) is 15.6 Å². The van der Waals surface area contributed by atoms with E-state index in [1.165, 1.54) is 0 Å². The molecule has 1 aromatic heterocycles. The lowest BCUT2D eigenvalue weighted by molar-refractivity contribution is -0.117. The molecule has 1 aliphatic heterocycles. The second-order valence-electron chi connectivity index (χ2n) is 5.78. The number of rotatable bonds is 5. The van der Waals surface area contributed by atoms with Gasteiger partial charge in [-0.2, -0.15) is 0 Å². The molecule has 7 nitrogen and oxygen atoms in total. The van der Waals surface area contributed by atoms with Crippen LogP contribution in [-0.4, -0.2) is 36.6 Å². The molecular formula is C18H20N4O3. The number of ether oxygens (including phenoxy) is 1. The summed E-state index contributed by atoms with van der Waals surface area (Å²) in [7, 11) is 1.55. The van der Waals surface area contributed by atoms with E-state index in [1.807, 2.05) is 36.4 Å². The van der Waals surface area contributed by atoms with Gasteiger partial charge in [-0.1, -0.05) is 24.3 Å². The number of amides is 3. The number of carbonyl (C=O) groups excluding carboxylic acids is 2. The predicted octanol–water partition coefficient (Wildman–Crippen LogP) is 1.69. The second kappa shape index (κ2) is 7.65. The third-order valence-electron chi connectivity index (χ3n) is 3.99. The third kappa shape index (κ3) is 4.26. The van der Waals surface area contributed by atoms with Crippen molar-refractivity contribution in [3.63, 3.8) is 0 Å². The molecular weight excluding hydrogens is 320 g/mol. The number of benzene rings is 1. The van der Waals surface area contributed by atoms with Crippen molar-refractivity contribution in [2.24, 2.45) is 0 Å². The first-order valence-corrected chi connectivity index (χ1v) is 8.04. The minimum atomic E-state index is -0.302. The highest BCUT2D eigenvalue weighted by Crippen LogP contribution is 2.20. The molecule has 2 aromatic rings. The summed E-state index contributed by atoms with van der Waals surface area (Å²) < 4.78 is 4.99. The number of carbonyl (C=O) groups is 2. The van der Waals surface area contributed by atoms with E-state index in [-0.39, 0.29) is 18.0 Å². The number of anilines is 1. The minimum absolute atomic E-state index is 0.0101. The molecule has 0 saturated carbocycles. The highest BCUT2D eigenvalue weighted by Gasteiger charge is 2.31. The molecule has 3 rings (SSSR count). The molecule has 3 amide bonds. The Kier molecular flexibility index (Phi) is 5.13. The van der Waals surface area contributed by atoms with Gasteiger partial charge in [-0.3, -0.25) is 4.79 Å². The van der Waals surface area contributed by atoms with Crippen LogP contribution in [0, 0.1) is 0 Å². The van der Waals surface area contributed by atoms with Crippen molar-refractivity contribution in [3.8, 4) is 5.88 Å². The van der Waals surface area contributed by atoms with Crippen LogP contribution >= 0.6 is 0 Å². The van der Waals surface area contributed by atoms with Crippen molar-refractivity contribution in [2.75, 3.05) is 18.6 Å². The molecule has 7 heteroatoms. The van der Waals surface area contributed by atoms with Crippen LogP contribution in [-0.2, 0) is 11.3 Å². The minimum Gasteiger partial charge on any atom is -0.481 e. The van der Waals surface area contributed by atoms with Crippen LogP contribution in [0.1, 0.15) is 12.0 Å². The fourth-order valence-electron chi connectivity index (χ4n) is 2.72. The highest BCUT2D eigenvalue weighted by atomic mass is 16.5. The van der Waals surface area contributed by atoms with Crippen molar-refractivity contribution in [1.29, 1.82) is 0 Å². The molecule has 0 aliphatic carbocycles. The number of aromatic nitrogens is 1. The molecule has 1 saturated heterocycles. The Balaban J connectivity index is 1.49. The van der Waals surface area contributed by atoms with Crippen LogP contribution in [0.2, 0.25) is 0 Å². The predicted molar refractivity (Wildman–Crippen MR) is 93.4 cm³/mol. The number of nitrogens with one attached hydrogen (secondary N) is 2. The summed E-state index contributed by atoms with van der Waals surface area (Å²) in [6.45, 7) is 0.826. The van der Waals surface area contributed by atoms with Crippen LogP contribution in [0.5, 0.6) is 5.88 Å². The lowest BCUT2D eigenvalue weighted by atomic mass is 10.2. The molecule has 130 valence electrons. The summed E-state index contributed by atoms with van der Waals surface area (Å²) in [5.41, 5.74) is 1.71. The summed E-state index contributed by atoms with van der Waals surface area (Å²) in [6.07, 6.45) is 1.95. The number of methoxy groups -OCH3 is 1. The van der Waals surface area contributed by atoms with Crippen LogP contribution in [0.3, 0.4) is 0 Å². The number of para-hydroxylation sites is 1. The fourth-order valence-corrected chi connectivity index (χ4v) is 2.72. The maximum absolute atomic E-state index is 12.1. The largest absolute Gasteiger partial charge is 0.481 e. The topological polar surface area (TPSA) is 83.6 Å². The monoisotopic (exact) mass is 340 g/mol. The Hall–Kier alpha value is -3.09. The lowest BCUT2D eigenvalue weighted by Crippen LogP contribution is -2.43. The molecule has 1 aliphatic rings. The summed E-state index contributed by atoms with van der Waals surface area (Å²) in [4.78, 5) is 30.0. The summed E-state index contributed by atoms with van der Waals surface area (Å²) in [6, 6.07) is 12.5. The van der Waals surface area contributed by atoms with Gasteiger partial charge in [0.1, 0.15) is 0 Å². The lowest BCUT2D eigenvalue weighted by Gasteiger charge is -2.17. The molecule has 0 unspecified atom stereocenters. The zero-order chi connectivity index (χ0) is 17.6. The number of hydrogen-bond acceptors (Lipinski definition) is 4. The first-order chi connectivity index (χ1) is 12.2. The Morgan fingerprint density at radius 3 is 2.76 bits per heavy atom. The maximum Gasteiger partial charge on any atom is 0.315 e. The standard InChI is InChI=1S/C18H20N4O3/c1-25-16-8-7-13(10-19-16)11-20-18(24)21-14-9-17(23)22(12-14)15-5-3-2-4-6-15/h2-8,10,14H,9,11-12H2,1H3,(H2,20,21,24)/t14-/m1/s1. The maximum atomic E-state index is 12.1. The number of hydrogen-bond donors (Lipinski definition) is 2. The Labute approximate surface area is 146 Å². The van der Waals surface area contributed by atoms with Crippen LogP contribution in [0.15, 0.2) is 48.7 Å². The van der Waals surface area contributed by atoms with Gasteiger partial charge in [0.2, 0.25) is 11.8 Å². The van der Waals surface area contributed by atoms with E-state index in [0.29, 0.717) is 25.4 Å². The first kappa shape index (κ1) is 16.8. The van der Waals surface area contributed by atoms with E-state index in [9.17, 15) is 9.59 Å². The van der Waals surface area contributed by atoms with Gasteiger partial charge < -0.3 is 20.3 Å². The molecule has 0 radical (unpaired) electrons. The van der Waals surface area contributed by atoms with Gasteiger partial charge in [0, 0.05) is 37.5 Å². The summed E-state index contributed by atoms with van der Waals surface area (Å²) >= 11 is 0. The zero-order valence-corrected chi connectivity index (χ0v) is 13.9. The van der Waals surface area contributed by atoms with Gasteiger partial charge in [-0.25, -0.2) is 9.78 Å². The van der Waals surface area contributed by atoms with E-state index in [4.69, 9.17) is 4.74 Å². The molecule has 1 aromatic carbocycles. The Morgan fingerprint density at radius 1 is 1.28 bits per heavy atom. The normalized spacial score (nSPS) is 16.6. The number of pyridine rings is 1. The highest BCUT2D eigenvalue weighted by molar-refractivity contribution is 5.96. The smallest absolute Gasteiger partial charge is 0.315 e. The third-order valence-corrected chi connectivity index (χ3v) is 3.99. The fraction of sp³-hybridized carbons (Fsp3) is 0.278. The second-order valence-corrected chi connectivity index (χ2v) is 5.78. The SMILES string of the molecule is COc1ccc(CNC(=O)N[C@@H]2CC(=O)N(c3ccccc3)C2)cn1. The van der Waals surface area contributed by atoms with Crippen molar-refractivity contribution >= 4 is 17.6 Å². The molecule has 2 heterocycles. The van der Waals surface area contributed by atoms with Gasteiger partial charge in [-0.15, -0.1) is 0 Å². The molecule has 1 fully saturated rings. The van der Waals surface area contributed by atoms with Crippen LogP contribution < -0.4 is 20.3 Å². The van der Waals surface area contributed by atoms with Crippen LogP contribution in [0.25, 0.3) is 0 Å². The van der Waals surface area contributed by atoms with Gasteiger partial charge in [0.05, 0.1) is 13.2 Å². The molecule has 2 N–H and O–H groups in total. The van der Waals surface area contributed by atoms with Crippen molar-refractivity contribution in [1.82, 2.24) is 15.6 Å². The summed E-state index contributed by atoms with van der Waals surface area (Å²) in [5.74, 6) is 0.537. The van der Waals surface area contributed by atoms with Crippen molar-refractivity contribution < 1.29 is 14.3 Å². The van der Waals surface area contributed by atoms with E-state index in [1.54, 1.807) is 24.3 Å². The molecule has 1 atom stereocenters. The van der Waals surface area contributed by atoms with E-state index < -0.39 is 0 Å². The van der Waals surface area contributed by atoms with Gasteiger partial charge in [0.15, 0.2) is 0 Å². The summed E-state index contributed by atoms with van der Waals surface area (Å²) in [5, 5.41) is 5.62. The molecule has 0 bridgehead atoms. The average Bonchev–Trinajstić information content (AvgIpc) is 3.01. The quantitative estimate of drug-likeness (QED) is 0.868. The molecule has 25 heavy (non-hydrogen) atoms. The van der Waals surface area contributed by atoms with E-state index in [0.717, 1.165) is 11.3 Å². The van der Waals surface area contributed by atoms with Crippen molar-refractivity contribution in [2.45, 2.75) is 19.0 Å². The van der Waals surface area contributed by atoms with Crippen LogP contribution in [0.4, 0.5) is 10.5 Å². The van der Waals surface area contributed by atoms with Crippen molar-refractivity contribution in [3.05, 3.63) is 54.2 Å². The molecule has 0 spiro atoms. The Bertz CT molecular complexity index is 734.